The van der Waals surface area contributed by atoms with Crippen molar-refractivity contribution in [2.75, 3.05) is 24.6 Å². The summed E-state index contributed by atoms with van der Waals surface area (Å²) in [6, 6.07) is 0. The number of hydrogen-bond acceptors (Lipinski definition) is 4. The van der Waals surface area contributed by atoms with Crippen molar-refractivity contribution in [3.63, 3.8) is 0 Å². The highest BCUT2D eigenvalue weighted by Gasteiger charge is 2.38. The van der Waals surface area contributed by atoms with Gasteiger partial charge in [-0.05, 0) is 64.0 Å². The molecule has 0 aromatic carbocycles. The van der Waals surface area contributed by atoms with Gasteiger partial charge < -0.3 is 11.1 Å². The molecule has 1 saturated carbocycles. The number of nitrogens with one attached hydrogen (secondary N) is 1. The van der Waals surface area contributed by atoms with E-state index in [4.69, 9.17) is 5.73 Å². The van der Waals surface area contributed by atoms with Gasteiger partial charge in [-0.25, -0.2) is 8.42 Å². The van der Waals surface area contributed by atoms with Gasteiger partial charge in [-0.2, -0.15) is 0 Å². The van der Waals surface area contributed by atoms with Crippen LogP contribution in [-0.4, -0.2) is 38.6 Å². The third-order valence-corrected chi connectivity index (χ3v) is 6.52. The second-order valence-electron chi connectivity index (χ2n) is 6.41. The van der Waals surface area contributed by atoms with Gasteiger partial charge in [0, 0.05) is 5.54 Å². The van der Waals surface area contributed by atoms with E-state index in [-0.39, 0.29) is 5.54 Å². The lowest BCUT2D eigenvalue weighted by Crippen LogP contribution is -2.46. The second kappa shape index (κ2) is 5.47. The molecule has 1 aliphatic carbocycles. The summed E-state index contributed by atoms with van der Waals surface area (Å²) in [5.41, 5.74) is 5.50. The van der Waals surface area contributed by atoms with Crippen LogP contribution in [0.25, 0.3) is 0 Å². The Bertz CT molecular complexity index is 374. The highest BCUT2D eigenvalue weighted by Crippen LogP contribution is 2.29. The first-order valence-corrected chi connectivity index (χ1v) is 8.90. The van der Waals surface area contributed by atoms with Crippen LogP contribution >= 0.6 is 0 Å². The average Bonchev–Trinajstić information content (AvgIpc) is 2.62. The molecule has 18 heavy (non-hydrogen) atoms. The molecule has 0 spiro atoms. The Morgan fingerprint density at radius 2 is 1.83 bits per heavy atom. The van der Waals surface area contributed by atoms with Crippen LogP contribution in [0.15, 0.2) is 0 Å². The Morgan fingerprint density at radius 1 is 1.22 bits per heavy atom. The average molecular weight is 274 g/mol. The Kier molecular flexibility index (Phi) is 4.34. The predicted octanol–water partition coefficient (Wildman–Crippen LogP) is 0.918. The number of rotatable bonds is 4. The third kappa shape index (κ3) is 3.68. The van der Waals surface area contributed by atoms with Crippen LogP contribution in [0.5, 0.6) is 0 Å². The lowest BCUT2D eigenvalue weighted by Gasteiger charge is -2.31. The maximum absolute atomic E-state index is 11.5. The van der Waals surface area contributed by atoms with E-state index in [0.717, 1.165) is 19.5 Å². The van der Waals surface area contributed by atoms with E-state index in [2.05, 4.69) is 5.32 Å². The first kappa shape index (κ1) is 14.3. The zero-order chi connectivity index (χ0) is 13.2. The van der Waals surface area contributed by atoms with E-state index in [1.54, 1.807) is 0 Å². The summed E-state index contributed by atoms with van der Waals surface area (Å²) in [5, 5.41) is 3.51. The molecule has 1 heterocycles. The zero-order valence-corrected chi connectivity index (χ0v) is 12.1. The molecule has 1 aliphatic heterocycles. The Labute approximate surface area is 111 Å². The summed E-state index contributed by atoms with van der Waals surface area (Å²) in [6.07, 6.45) is 5.69. The quantitative estimate of drug-likeness (QED) is 0.799. The fraction of sp³-hybridized carbons (Fsp3) is 1.00. The molecule has 1 saturated heterocycles. The first-order valence-electron chi connectivity index (χ1n) is 7.08. The molecule has 0 radical (unpaired) electrons. The van der Waals surface area contributed by atoms with Crippen LogP contribution in [0.4, 0.5) is 0 Å². The highest BCUT2D eigenvalue weighted by atomic mass is 32.2. The molecule has 0 bridgehead atoms. The molecule has 0 amide bonds. The predicted molar refractivity (Wildman–Crippen MR) is 74.2 cm³/mol. The minimum Gasteiger partial charge on any atom is -0.330 e. The van der Waals surface area contributed by atoms with Gasteiger partial charge in [-0.15, -0.1) is 0 Å². The van der Waals surface area contributed by atoms with Gasteiger partial charge in [0.2, 0.25) is 0 Å². The van der Waals surface area contributed by atoms with E-state index in [1.165, 1.54) is 25.7 Å². The molecule has 2 rings (SSSR count). The largest absolute Gasteiger partial charge is 0.330 e. The maximum Gasteiger partial charge on any atom is 0.152 e. The molecular formula is C13H26N2O2S. The SMILES string of the molecule is CC1(NCC2CCC(CN)CC2)CCS(=O)(=O)C1. The minimum atomic E-state index is -2.80. The molecule has 5 heteroatoms. The standard InChI is InChI=1S/C13H26N2O2S/c1-13(6-7-18(16,17)10-13)15-9-12-4-2-11(8-14)3-5-12/h11-12,15H,2-10,14H2,1H3. The summed E-state index contributed by atoms with van der Waals surface area (Å²) in [4.78, 5) is 0. The summed E-state index contributed by atoms with van der Waals surface area (Å²) < 4.78 is 23.1. The van der Waals surface area contributed by atoms with Crippen LogP contribution < -0.4 is 11.1 Å². The van der Waals surface area contributed by atoms with Crippen molar-refractivity contribution >= 4 is 9.84 Å². The van der Waals surface area contributed by atoms with Crippen LogP contribution in [0.3, 0.4) is 0 Å². The molecule has 0 aromatic heterocycles. The van der Waals surface area contributed by atoms with Crippen LogP contribution in [0.2, 0.25) is 0 Å². The summed E-state index contributed by atoms with van der Waals surface area (Å²) >= 11 is 0. The third-order valence-electron chi connectivity index (χ3n) is 4.62. The summed E-state index contributed by atoms with van der Waals surface area (Å²) in [5.74, 6) is 2.06. The lowest BCUT2D eigenvalue weighted by molar-refractivity contribution is 0.251. The Hall–Kier alpha value is -0.130. The summed E-state index contributed by atoms with van der Waals surface area (Å²) in [6.45, 7) is 3.82. The van der Waals surface area contributed by atoms with Crippen molar-refractivity contribution in [2.45, 2.75) is 44.6 Å². The molecular weight excluding hydrogens is 248 g/mol. The fourth-order valence-electron chi connectivity index (χ4n) is 3.21. The molecule has 3 N–H and O–H groups in total. The van der Waals surface area contributed by atoms with E-state index in [0.29, 0.717) is 23.3 Å². The number of hydrogen-bond donors (Lipinski definition) is 2. The van der Waals surface area contributed by atoms with Gasteiger partial charge in [0.25, 0.3) is 0 Å². The lowest BCUT2D eigenvalue weighted by atomic mass is 9.81. The second-order valence-corrected chi connectivity index (χ2v) is 8.59. The minimum absolute atomic E-state index is 0.191. The van der Waals surface area contributed by atoms with Gasteiger partial charge in [0.05, 0.1) is 11.5 Å². The van der Waals surface area contributed by atoms with E-state index in [1.807, 2.05) is 6.92 Å². The Balaban J connectivity index is 1.76. The van der Waals surface area contributed by atoms with Gasteiger partial charge >= 0.3 is 0 Å². The van der Waals surface area contributed by atoms with Crippen molar-refractivity contribution in [3.8, 4) is 0 Å². The molecule has 1 atom stereocenters. The number of nitrogens with two attached hydrogens (primary N) is 1. The van der Waals surface area contributed by atoms with Crippen molar-refractivity contribution in [1.29, 1.82) is 0 Å². The van der Waals surface area contributed by atoms with Crippen LogP contribution in [0.1, 0.15) is 39.0 Å². The van der Waals surface area contributed by atoms with Crippen LogP contribution in [-0.2, 0) is 9.84 Å². The molecule has 4 nitrogen and oxygen atoms in total. The van der Waals surface area contributed by atoms with Gasteiger partial charge in [-0.1, -0.05) is 0 Å². The molecule has 0 aromatic rings. The smallest absolute Gasteiger partial charge is 0.152 e. The zero-order valence-electron chi connectivity index (χ0n) is 11.3. The molecule has 1 unspecified atom stereocenters. The van der Waals surface area contributed by atoms with E-state index >= 15 is 0 Å². The van der Waals surface area contributed by atoms with Gasteiger partial charge in [-0.3, -0.25) is 0 Å². The van der Waals surface area contributed by atoms with E-state index in [9.17, 15) is 8.42 Å². The van der Waals surface area contributed by atoms with Crippen molar-refractivity contribution in [3.05, 3.63) is 0 Å². The fourth-order valence-corrected chi connectivity index (χ4v) is 5.33. The van der Waals surface area contributed by atoms with Crippen molar-refractivity contribution in [2.24, 2.45) is 17.6 Å². The number of sulfone groups is 1. The first-order chi connectivity index (χ1) is 8.42. The molecule has 106 valence electrons. The topological polar surface area (TPSA) is 72.2 Å². The normalized spacial score (nSPS) is 39.9. The molecule has 2 aliphatic rings. The maximum atomic E-state index is 11.5. The summed E-state index contributed by atoms with van der Waals surface area (Å²) in [7, 11) is -2.80. The molecule has 2 fully saturated rings. The highest BCUT2D eigenvalue weighted by molar-refractivity contribution is 7.91. The van der Waals surface area contributed by atoms with Crippen molar-refractivity contribution in [1.82, 2.24) is 5.32 Å². The monoisotopic (exact) mass is 274 g/mol. The van der Waals surface area contributed by atoms with Crippen LogP contribution in [0, 0.1) is 11.8 Å². The Morgan fingerprint density at radius 3 is 2.33 bits per heavy atom. The van der Waals surface area contributed by atoms with Crippen molar-refractivity contribution < 1.29 is 8.42 Å². The van der Waals surface area contributed by atoms with Gasteiger partial charge in [0.1, 0.15) is 0 Å². The van der Waals surface area contributed by atoms with Gasteiger partial charge in [0.15, 0.2) is 9.84 Å². The van der Waals surface area contributed by atoms with E-state index < -0.39 is 9.84 Å².